The molecule has 0 aliphatic carbocycles. The number of aromatic amines is 1. The highest BCUT2D eigenvalue weighted by Gasteiger charge is 2.07. The van der Waals surface area contributed by atoms with E-state index in [4.69, 9.17) is 9.47 Å². The third-order valence-corrected chi connectivity index (χ3v) is 2.40. The molecule has 0 atom stereocenters. The van der Waals surface area contributed by atoms with Crippen molar-refractivity contribution in [2.45, 2.75) is 13.3 Å². The first-order chi connectivity index (χ1) is 8.35. The first-order valence-electron chi connectivity index (χ1n) is 5.65. The van der Waals surface area contributed by atoms with Gasteiger partial charge in [-0.25, -0.2) is 4.98 Å². The van der Waals surface area contributed by atoms with E-state index in [1.807, 2.05) is 18.2 Å². The minimum Gasteiger partial charge on any atom is -0.493 e. The second-order valence-electron chi connectivity index (χ2n) is 3.65. The van der Waals surface area contributed by atoms with Gasteiger partial charge < -0.3 is 14.5 Å². The van der Waals surface area contributed by atoms with E-state index in [9.17, 15) is 0 Å². The second kappa shape index (κ2) is 5.39. The van der Waals surface area contributed by atoms with E-state index in [-0.39, 0.29) is 0 Å². The van der Waals surface area contributed by atoms with Crippen molar-refractivity contribution in [2.75, 3.05) is 13.7 Å². The highest BCUT2D eigenvalue weighted by atomic mass is 16.5. The summed E-state index contributed by atoms with van der Waals surface area (Å²) in [6.07, 6.45) is 4.50. The van der Waals surface area contributed by atoms with Crippen LogP contribution in [0.4, 0.5) is 0 Å². The summed E-state index contributed by atoms with van der Waals surface area (Å²) in [6.45, 7) is 2.76. The van der Waals surface area contributed by atoms with Crippen molar-refractivity contribution in [3.05, 3.63) is 30.6 Å². The first kappa shape index (κ1) is 11.5. The van der Waals surface area contributed by atoms with E-state index in [0.717, 1.165) is 29.3 Å². The molecule has 1 heterocycles. The van der Waals surface area contributed by atoms with E-state index in [1.165, 1.54) is 0 Å². The lowest BCUT2D eigenvalue weighted by Crippen LogP contribution is -1.98. The highest BCUT2D eigenvalue weighted by Crippen LogP contribution is 2.31. The standard InChI is InChI=1S/C13H16N2O2/c1-3-8-17-11-5-4-10(9-12(11)16-2)13-14-6-7-15-13/h4-7,9H,3,8H2,1-2H3,(H,14,15). The molecule has 1 aromatic heterocycles. The van der Waals surface area contributed by atoms with Gasteiger partial charge in [-0.05, 0) is 24.6 Å². The van der Waals surface area contributed by atoms with E-state index in [0.29, 0.717) is 6.61 Å². The summed E-state index contributed by atoms with van der Waals surface area (Å²) in [6, 6.07) is 5.79. The molecule has 0 spiro atoms. The zero-order chi connectivity index (χ0) is 12.1. The predicted octanol–water partition coefficient (Wildman–Crippen LogP) is 2.87. The van der Waals surface area contributed by atoms with E-state index in [2.05, 4.69) is 16.9 Å². The van der Waals surface area contributed by atoms with Gasteiger partial charge in [-0.1, -0.05) is 6.92 Å². The van der Waals surface area contributed by atoms with Crippen molar-refractivity contribution >= 4 is 0 Å². The maximum absolute atomic E-state index is 5.59. The van der Waals surface area contributed by atoms with Crippen LogP contribution >= 0.6 is 0 Å². The van der Waals surface area contributed by atoms with E-state index in [1.54, 1.807) is 19.5 Å². The lowest BCUT2D eigenvalue weighted by molar-refractivity contribution is 0.294. The number of rotatable bonds is 5. The maximum Gasteiger partial charge on any atom is 0.161 e. The Hall–Kier alpha value is -1.97. The fourth-order valence-electron chi connectivity index (χ4n) is 1.57. The average molecular weight is 232 g/mol. The average Bonchev–Trinajstić information content (AvgIpc) is 2.90. The predicted molar refractivity (Wildman–Crippen MR) is 66.4 cm³/mol. The normalized spacial score (nSPS) is 10.2. The monoisotopic (exact) mass is 232 g/mol. The molecule has 4 heteroatoms. The smallest absolute Gasteiger partial charge is 0.161 e. The zero-order valence-electron chi connectivity index (χ0n) is 10.1. The molecule has 0 saturated carbocycles. The number of hydrogen-bond donors (Lipinski definition) is 1. The molecule has 0 bridgehead atoms. The number of imidazole rings is 1. The largest absolute Gasteiger partial charge is 0.493 e. The van der Waals surface area contributed by atoms with Crippen LogP contribution in [0.1, 0.15) is 13.3 Å². The van der Waals surface area contributed by atoms with Crippen LogP contribution in [0.3, 0.4) is 0 Å². The van der Waals surface area contributed by atoms with E-state index < -0.39 is 0 Å². The van der Waals surface area contributed by atoms with Crippen molar-refractivity contribution < 1.29 is 9.47 Å². The van der Waals surface area contributed by atoms with Crippen LogP contribution in [0, 0.1) is 0 Å². The minimum atomic E-state index is 0.691. The summed E-state index contributed by atoms with van der Waals surface area (Å²) in [7, 11) is 1.64. The minimum absolute atomic E-state index is 0.691. The third kappa shape index (κ3) is 2.58. The first-order valence-corrected chi connectivity index (χ1v) is 5.65. The molecule has 0 fully saturated rings. The Morgan fingerprint density at radius 3 is 2.82 bits per heavy atom. The fraction of sp³-hybridized carbons (Fsp3) is 0.308. The Labute approximate surface area is 101 Å². The van der Waals surface area contributed by atoms with Gasteiger partial charge in [-0.3, -0.25) is 0 Å². The molecule has 1 N–H and O–H groups in total. The number of ether oxygens (including phenoxy) is 2. The Morgan fingerprint density at radius 2 is 2.18 bits per heavy atom. The lowest BCUT2D eigenvalue weighted by atomic mass is 10.2. The summed E-state index contributed by atoms with van der Waals surface area (Å²) in [4.78, 5) is 7.26. The molecular formula is C13H16N2O2. The van der Waals surface area contributed by atoms with Crippen LogP contribution in [-0.2, 0) is 0 Å². The third-order valence-electron chi connectivity index (χ3n) is 2.40. The quantitative estimate of drug-likeness (QED) is 0.862. The lowest BCUT2D eigenvalue weighted by Gasteiger charge is -2.10. The van der Waals surface area contributed by atoms with Crippen LogP contribution < -0.4 is 9.47 Å². The molecule has 0 saturated heterocycles. The van der Waals surface area contributed by atoms with Crippen LogP contribution in [0.2, 0.25) is 0 Å². The SMILES string of the molecule is CCCOc1ccc(-c2ncc[nH]2)cc1OC. The van der Waals surface area contributed by atoms with Gasteiger partial charge in [-0.2, -0.15) is 0 Å². The molecule has 17 heavy (non-hydrogen) atoms. The Balaban J connectivity index is 2.27. The molecule has 0 aliphatic heterocycles. The number of H-pyrrole nitrogens is 1. The van der Waals surface area contributed by atoms with Gasteiger partial charge in [0, 0.05) is 18.0 Å². The molecule has 4 nitrogen and oxygen atoms in total. The molecule has 0 unspecified atom stereocenters. The Kier molecular flexibility index (Phi) is 3.65. The van der Waals surface area contributed by atoms with Crippen LogP contribution in [0.5, 0.6) is 11.5 Å². The second-order valence-corrected chi connectivity index (χ2v) is 3.65. The topological polar surface area (TPSA) is 47.1 Å². The summed E-state index contributed by atoms with van der Waals surface area (Å²) in [5, 5.41) is 0. The van der Waals surface area contributed by atoms with Gasteiger partial charge >= 0.3 is 0 Å². The van der Waals surface area contributed by atoms with Gasteiger partial charge in [0.2, 0.25) is 0 Å². The maximum atomic E-state index is 5.59. The van der Waals surface area contributed by atoms with Gasteiger partial charge in [0.1, 0.15) is 5.82 Å². The molecule has 90 valence electrons. The number of nitrogens with one attached hydrogen (secondary N) is 1. The number of nitrogens with zero attached hydrogens (tertiary/aromatic N) is 1. The molecule has 1 aromatic carbocycles. The Bertz CT molecular complexity index is 466. The molecular weight excluding hydrogens is 216 g/mol. The molecule has 2 rings (SSSR count). The number of benzene rings is 1. The molecule has 2 aromatic rings. The summed E-state index contributed by atoms with van der Waals surface area (Å²) in [5.74, 6) is 2.32. The van der Waals surface area contributed by atoms with Crippen molar-refractivity contribution in [1.82, 2.24) is 9.97 Å². The number of aromatic nitrogens is 2. The van der Waals surface area contributed by atoms with Gasteiger partial charge in [0.25, 0.3) is 0 Å². The number of hydrogen-bond acceptors (Lipinski definition) is 3. The van der Waals surface area contributed by atoms with Crippen molar-refractivity contribution in [3.8, 4) is 22.9 Å². The summed E-state index contributed by atoms with van der Waals surface area (Å²) in [5.41, 5.74) is 0.982. The summed E-state index contributed by atoms with van der Waals surface area (Å²) < 4.78 is 10.9. The van der Waals surface area contributed by atoms with Crippen molar-refractivity contribution in [3.63, 3.8) is 0 Å². The van der Waals surface area contributed by atoms with E-state index >= 15 is 0 Å². The van der Waals surface area contributed by atoms with Gasteiger partial charge in [0.15, 0.2) is 11.5 Å². The van der Waals surface area contributed by atoms with Crippen molar-refractivity contribution in [2.24, 2.45) is 0 Å². The van der Waals surface area contributed by atoms with Crippen LogP contribution in [-0.4, -0.2) is 23.7 Å². The highest BCUT2D eigenvalue weighted by molar-refractivity contribution is 5.60. The molecule has 0 aliphatic rings. The van der Waals surface area contributed by atoms with Crippen molar-refractivity contribution in [1.29, 1.82) is 0 Å². The zero-order valence-corrected chi connectivity index (χ0v) is 10.1. The van der Waals surface area contributed by atoms with Crippen LogP contribution in [0.25, 0.3) is 11.4 Å². The number of methoxy groups -OCH3 is 1. The molecule has 0 radical (unpaired) electrons. The van der Waals surface area contributed by atoms with Gasteiger partial charge in [0.05, 0.1) is 13.7 Å². The van der Waals surface area contributed by atoms with Gasteiger partial charge in [-0.15, -0.1) is 0 Å². The molecule has 0 amide bonds. The summed E-state index contributed by atoms with van der Waals surface area (Å²) >= 11 is 0. The van der Waals surface area contributed by atoms with Crippen LogP contribution in [0.15, 0.2) is 30.6 Å². The fourth-order valence-corrected chi connectivity index (χ4v) is 1.57. The Morgan fingerprint density at radius 1 is 1.29 bits per heavy atom.